The molecule has 0 saturated carbocycles. The molecule has 1 saturated heterocycles. The maximum Gasteiger partial charge on any atom is 0.387 e. The van der Waals surface area contributed by atoms with Gasteiger partial charge in [0.25, 0.3) is 5.69 Å². The highest BCUT2D eigenvalue weighted by Gasteiger charge is 2.17. The quantitative estimate of drug-likeness (QED) is 0.618. The van der Waals surface area contributed by atoms with Crippen molar-refractivity contribution in [3.63, 3.8) is 0 Å². The zero-order chi connectivity index (χ0) is 15.2. The van der Waals surface area contributed by atoms with E-state index >= 15 is 0 Å². The van der Waals surface area contributed by atoms with Crippen molar-refractivity contribution in [1.29, 1.82) is 0 Å². The van der Waals surface area contributed by atoms with Gasteiger partial charge in [-0.2, -0.15) is 8.78 Å². The molecule has 8 heteroatoms. The van der Waals surface area contributed by atoms with Gasteiger partial charge < -0.3 is 14.8 Å². The van der Waals surface area contributed by atoms with Crippen LogP contribution >= 0.6 is 0 Å². The van der Waals surface area contributed by atoms with Crippen molar-refractivity contribution in [3.05, 3.63) is 28.3 Å². The van der Waals surface area contributed by atoms with E-state index in [1.54, 1.807) is 0 Å². The minimum absolute atomic E-state index is 0.176. The summed E-state index contributed by atoms with van der Waals surface area (Å²) < 4.78 is 34.5. The molecule has 1 aromatic carbocycles. The first-order chi connectivity index (χ1) is 10.1. The number of hydrogen-bond acceptors (Lipinski definition) is 5. The number of alkyl halides is 2. The number of hydrogen-bond donors (Lipinski definition) is 1. The molecule has 0 radical (unpaired) electrons. The summed E-state index contributed by atoms with van der Waals surface area (Å²) in [4.78, 5) is 10.0. The van der Waals surface area contributed by atoms with Gasteiger partial charge in [0.1, 0.15) is 0 Å². The zero-order valence-electron chi connectivity index (χ0n) is 11.3. The van der Waals surface area contributed by atoms with E-state index in [2.05, 4.69) is 10.1 Å². The van der Waals surface area contributed by atoms with Crippen LogP contribution in [0.3, 0.4) is 0 Å². The molecule has 0 spiro atoms. The van der Waals surface area contributed by atoms with Gasteiger partial charge in [-0.3, -0.25) is 10.1 Å². The van der Waals surface area contributed by atoms with Crippen molar-refractivity contribution in [2.24, 2.45) is 0 Å². The Hall–Kier alpha value is -1.96. The highest BCUT2D eigenvalue weighted by molar-refractivity contribution is 5.60. The second kappa shape index (κ2) is 7.16. The number of nitro benzene ring substituents is 1. The van der Waals surface area contributed by atoms with E-state index in [1.165, 1.54) is 12.1 Å². The number of rotatable bonds is 7. The van der Waals surface area contributed by atoms with Gasteiger partial charge in [0, 0.05) is 19.2 Å². The Labute approximate surface area is 120 Å². The van der Waals surface area contributed by atoms with Crippen LogP contribution in [-0.4, -0.2) is 30.8 Å². The van der Waals surface area contributed by atoms with Crippen molar-refractivity contribution in [2.45, 2.75) is 32.0 Å². The Morgan fingerprint density at radius 2 is 2.33 bits per heavy atom. The van der Waals surface area contributed by atoms with E-state index in [4.69, 9.17) is 4.74 Å². The van der Waals surface area contributed by atoms with Gasteiger partial charge in [-0.1, -0.05) is 0 Å². The Morgan fingerprint density at radius 3 is 2.95 bits per heavy atom. The van der Waals surface area contributed by atoms with Crippen molar-refractivity contribution < 1.29 is 23.2 Å². The van der Waals surface area contributed by atoms with Crippen LogP contribution < -0.4 is 10.1 Å². The van der Waals surface area contributed by atoms with E-state index in [-0.39, 0.29) is 17.5 Å². The smallest absolute Gasteiger partial charge is 0.387 e. The predicted molar refractivity (Wildman–Crippen MR) is 71.8 cm³/mol. The second-order valence-electron chi connectivity index (χ2n) is 4.67. The molecule has 1 fully saturated rings. The maximum atomic E-state index is 12.4. The number of halogens is 2. The number of ether oxygens (including phenoxy) is 2. The third-order valence-corrected chi connectivity index (χ3v) is 3.20. The molecule has 2 rings (SSSR count). The Kier molecular flexibility index (Phi) is 5.26. The third-order valence-electron chi connectivity index (χ3n) is 3.20. The first-order valence-corrected chi connectivity index (χ1v) is 6.65. The van der Waals surface area contributed by atoms with E-state index in [0.29, 0.717) is 12.2 Å². The van der Waals surface area contributed by atoms with Crippen molar-refractivity contribution in [2.75, 3.05) is 18.5 Å². The lowest BCUT2D eigenvalue weighted by atomic mass is 10.2. The van der Waals surface area contributed by atoms with Crippen molar-refractivity contribution in [1.82, 2.24) is 0 Å². The van der Waals surface area contributed by atoms with Gasteiger partial charge in [0.2, 0.25) is 0 Å². The molecular formula is C13H16F2N2O4. The van der Waals surface area contributed by atoms with Crippen LogP contribution in [0.5, 0.6) is 5.75 Å². The lowest BCUT2D eigenvalue weighted by Gasteiger charge is -2.14. The van der Waals surface area contributed by atoms with Crippen LogP contribution in [0.15, 0.2) is 18.2 Å². The Balaban J connectivity index is 2.00. The van der Waals surface area contributed by atoms with E-state index in [1.807, 2.05) is 0 Å². The average Bonchev–Trinajstić information content (AvgIpc) is 2.92. The first-order valence-electron chi connectivity index (χ1n) is 6.65. The number of nitro groups is 1. The zero-order valence-corrected chi connectivity index (χ0v) is 11.3. The number of nitrogens with one attached hydrogen (secondary N) is 1. The molecular weight excluding hydrogens is 286 g/mol. The minimum Gasteiger partial charge on any atom is -0.432 e. The molecule has 1 aromatic rings. The van der Waals surface area contributed by atoms with Crippen LogP contribution in [0.4, 0.5) is 20.2 Å². The van der Waals surface area contributed by atoms with Crippen LogP contribution in [0, 0.1) is 10.1 Å². The molecule has 0 aliphatic carbocycles. The predicted octanol–water partition coefficient (Wildman–Crippen LogP) is 3.18. The molecule has 1 heterocycles. The first kappa shape index (κ1) is 15.4. The molecule has 0 bridgehead atoms. The standard InChI is InChI=1S/C13H16F2N2O4/c14-13(15)21-12-8-9(17(18)19)3-4-11(12)16-6-5-10-2-1-7-20-10/h3-4,8,10,13,16H,1-2,5-7H2. The topological polar surface area (TPSA) is 73.6 Å². The van der Waals surface area contributed by atoms with Crippen LogP contribution in [0.1, 0.15) is 19.3 Å². The van der Waals surface area contributed by atoms with Gasteiger partial charge in [-0.25, -0.2) is 0 Å². The lowest BCUT2D eigenvalue weighted by Crippen LogP contribution is -2.13. The normalized spacial score (nSPS) is 18.0. The van der Waals surface area contributed by atoms with Crippen molar-refractivity contribution >= 4 is 11.4 Å². The summed E-state index contributed by atoms with van der Waals surface area (Å²) in [6.45, 7) is -1.77. The summed E-state index contributed by atoms with van der Waals surface area (Å²) in [7, 11) is 0. The molecule has 1 aliphatic rings. The Morgan fingerprint density at radius 1 is 1.52 bits per heavy atom. The van der Waals surface area contributed by atoms with Crippen LogP contribution in [-0.2, 0) is 4.74 Å². The molecule has 1 unspecified atom stereocenters. The molecule has 6 nitrogen and oxygen atoms in total. The summed E-state index contributed by atoms with van der Waals surface area (Å²) in [5, 5.41) is 13.6. The second-order valence-corrected chi connectivity index (χ2v) is 4.67. The largest absolute Gasteiger partial charge is 0.432 e. The van der Waals surface area contributed by atoms with Crippen LogP contribution in [0.25, 0.3) is 0 Å². The highest BCUT2D eigenvalue weighted by Crippen LogP contribution is 2.30. The molecule has 1 atom stereocenters. The van der Waals surface area contributed by atoms with Gasteiger partial charge in [-0.15, -0.1) is 0 Å². The van der Waals surface area contributed by atoms with Crippen molar-refractivity contribution in [3.8, 4) is 5.75 Å². The molecule has 116 valence electrons. The van der Waals surface area contributed by atoms with E-state index in [9.17, 15) is 18.9 Å². The number of nitrogens with zero attached hydrogens (tertiary/aromatic N) is 1. The molecule has 0 aromatic heterocycles. The summed E-state index contributed by atoms with van der Waals surface area (Å²) >= 11 is 0. The van der Waals surface area contributed by atoms with Gasteiger partial charge in [0.05, 0.1) is 22.8 Å². The monoisotopic (exact) mass is 302 g/mol. The fraction of sp³-hybridized carbons (Fsp3) is 0.538. The van der Waals surface area contributed by atoms with Gasteiger partial charge in [0.15, 0.2) is 5.75 Å². The summed E-state index contributed by atoms with van der Waals surface area (Å²) in [6, 6.07) is 3.60. The van der Waals surface area contributed by atoms with E-state index < -0.39 is 11.5 Å². The third kappa shape index (κ3) is 4.52. The highest BCUT2D eigenvalue weighted by atomic mass is 19.3. The minimum atomic E-state index is -3.04. The fourth-order valence-corrected chi connectivity index (χ4v) is 2.20. The SMILES string of the molecule is O=[N+]([O-])c1ccc(NCCC2CCCO2)c(OC(F)F)c1. The molecule has 1 aliphatic heterocycles. The van der Waals surface area contributed by atoms with Gasteiger partial charge in [-0.05, 0) is 25.3 Å². The molecule has 1 N–H and O–H groups in total. The van der Waals surface area contributed by atoms with E-state index in [0.717, 1.165) is 31.9 Å². The lowest BCUT2D eigenvalue weighted by molar-refractivity contribution is -0.385. The summed E-state index contributed by atoms with van der Waals surface area (Å²) in [5.74, 6) is -0.230. The fourth-order valence-electron chi connectivity index (χ4n) is 2.20. The summed E-state index contributed by atoms with van der Waals surface area (Å²) in [5.41, 5.74) is 0.00854. The number of benzene rings is 1. The van der Waals surface area contributed by atoms with Gasteiger partial charge >= 0.3 is 6.61 Å². The average molecular weight is 302 g/mol. The molecule has 0 amide bonds. The maximum absolute atomic E-state index is 12.4. The number of anilines is 1. The van der Waals surface area contributed by atoms with Crippen LogP contribution in [0.2, 0.25) is 0 Å². The Bertz CT molecular complexity index is 493. The number of non-ortho nitro benzene ring substituents is 1. The molecule has 21 heavy (non-hydrogen) atoms. The summed E-state index contributed by atoms with van der Waals surface area (Å²) in [6.07, 6.45) is 2.94.